The molecule has 0 saturated heterocycles. The predicted octanol–water partition coefficient (Wildman–Crippen LogP) is 6.92. The van der Waals surface area contributed by atoms with Crippen LogP contribution in [0.1, 0.15) is 90.5 Å². The van der Waals surface area contributed by atoms with E-state index in [2.05, 4.69) is 41.8 Å². The molecule has 5 rings (SSSR count). The van der Waals surface area contributed by atoms with Gasteiger partial charge in [0.25, 0.3) is 0 Å². The van der Waals surface area contributed by atoms with Crippen molar-refractivity contribution in [2.24, 2.45) is 56.5 Å². The van der Waals surface area contributed by atoms with E-state index in [1.807, 2.05) is 24.3 Å². The molecule has 1 aromatic carbocycles. The Bertz CT molecular complexity index is 1250. The lowest BCUT2D eigenvalue weighted by atomic mass is 9.44. The smallest absolute Gasteiger partial charge is 0.305 e. The molecule has 228 valence electrons. The van der Waals surface area contributed by atoms with E-state index in [0.29, 0.717) is 58.3 Å². The normalized spacial score (nSPS) is 35.7. The van der Waals surface area contributed by atoms with Crippen LogP contribution in [0.5, 0.6) is 0 Å². The molecular weight excluding hydrogens is 568 g/mol. The van der Waals surface area contributed by atoms with Crippen LogP contribution in [0.2, 0.25) is 5.02 Å². The van der Waals surface area contributed by atoms with Crippen molar-refractivity contribution in [3.05, 3.63) is 34.9 Å². The highest BCUT2D eigenvalue weighted by Crippen LogP contribution is 2.67. The minimum atomic E-state index is -0.122. The molecule has 0 unspecified atom stereocenters. The Balaban J connectivity index is 1.19. The maximum atomic E-state index is 13.9. The summed E-state index contributed by atoms with van der Waals surface area (Å²) in [5.74, 6) is 2.79. The molecule has 0 aromatic heterocycles. The Kier molecular flexibility index (Phi) is 9.43. The summed E-state index contributed by atoms with van der Waals surface area (Å²) in [6, 6.07) is 7.39. The number of Topliss-reactive ketones (excluding diaryl/α,β-unsaturated/α-hetero) is 1. The van der Waals surface area contributed by atoms with Crippen molar-refractivity contribution in [3.63, 3.8) is 0 Å². The molecule has 42 heavy (non-hydrogen) atoms. The van der Waals surface area contributed by atoms with Crippen LogP contribution >= 0.6 is 23.8 Å². The SMILES string of the molecule is COC(=O)CC[C@@H](C)[C@H]1CC[C@H]2[C@@H]3C(=O)C[C@@H]4C/C(=N/NC(=S)N/N=C/c5ccc(Cl)cc5)CC[C@]4(C)[C@H]3CC[C@]12C. The first-order valence-electron chi connectivity index (χ1n) is 15.5. The number of hydrogen-bond donors (Lipinski definition) is 2. The van der Waals surface area contributed by atoms with E-state index in [-0.39, 0.29) is 22.7 Å². The molecule has 4 saturated carbocycles. The minimum Gasteiger partial charge on any atom is -0.469 e. The number of halogens is 1. The van der Waals surface area contributed by atoms with Crippen molar-refractivity contribution in [2.45, 2.75) is 85.0 Å². The fourth-order valence-electron chi connectivity index (χ4n) is 9.33. The number of hydrazone groups is 2. The number of rotatable bonds is 7. The monoisotopic (exact) mass is 612 g/mol. The van der Waals surface area contributed by atoms with E-state index in [4.69, 9.17) is 28.6 Å². The number of esters is 1. The Morgan fingerprint density at radius 2 is 1.86 bits per heavy atom. The summed E-state index contributed by atoms with van der Waals surface area (Å²) >= 11 is 11.3. The number of carbonyl (C=O) groups is 2. The Morgan fingerprint density at radius 1 is 1.12 bits per heavy atom. The van der Waals surface area contributed by atoms with Gasteiger partial charge in [-0.05, 0) is 122 Å². The van der Waals surface area contributed by atoms with Crippen molar-refractivity contribution in [2.75, 3.05) is 7.11 Å². The van der Waals surface area contributed by atoms with E-state index in [1.165, 1.54) is 20.0 Å². The fraction of sp³-hybridized carbons (Fsp3) is 0.667. The van der Waals surface area contributed by atoms with E-state index >= 15 is 0 Å². The summed E-state index contributed by atoms with van der Waals surface area (Å²) < 4.78 is 4.90. The summed E-state index contributed by atoms with van der Waals surface area (Å²) in [6.07, 6.45) is 11.1. The Morgan fingerprint density at radius 3 is 2.60 bits per heavy atom. The lowest BCUT2D eigenvalue weighted by Gasteiger charge is -2.60. The third kappa shape index (κ3) is 6.17. The van der Waals surface area contributed by atoms with Gasteiger partial charge in [0.15, 0.2) is 0 Å². The molecule has 8 atom stereocenters. The minimum absolute atomic E-state index is 0.122. The number of ketones is 1. The Labute approximate surface area is 260 Å². The summed E-state index contributed by atoms with van der Waals surface area (Å²) in [6.45, 7) is 7.21. The standard InChI is InChI=1S/C33H45ClN4O3S/c1-20(5-12-29(40)41-4)25-10-11-26-30-27(14-16-33(25,26)3)32(2)15-13-24(17-22(32)18-28(30)39)36-38-31(42)37-35-19-21-6-8-23(34)9-7-21/h6-9,19-20,22,25-27,30H,5,10-18H2,1-4H3,(H2,37,38,42)/b35-19+,36-24+/t20-,22+,25-,26+,27+,30+,32+,33-/m1/s1. The largest absolute Gasteiger partial charge is 0.469 e. The molecule has 4 fully saturated rings. The van der Waals surface area contributed by atoms with Gasteiger partial charge in [-0.25, -0.2) is 0 Å². The fourth-order valence-corrected chi connectivity index (χ4v) is 9.56. The van der Waals surface area contributed by atoms with Gasteiger partial charge in [0.1, 0.15) is 5.78 Å². The number of benzene rings is 1. The van der Waals surface area contributed by atoms with Crippen LogP contribution in [0.25, 0.3) is 0 Å². The first kappa shape index (κ1) is 31.1. The molecule has 1 aromatic rings. The molecule has 4 aliphatic carbocycles. The third-order valence-corrected chi connectivity index (χ3v) is 12.1. The van der Waals surface area contributed by atoms with E-state index < -0.39 is 0 Å². The number of fused-ring (bicyclic) bond motifs is 5. The van der Waals surface area contributed by atoms with E-state index in [9.17, 15) is 9.59 Å². The number of ether oxygens (including phenoxy) is 1. The van der Waals surface area contributed by atoms with Gasteiger partial charge in [-0.2, -0.15) is 10.2 Å². The number of carbonyl (C=O) groups excluding carboxylic acids is 2. The van der Waals surface area contributed by atoms with Crippen LogP contribution in [0.4, 0.5) is 0 Å². The molecule has 0 spiro atoms. The van der Waals surface area contributed by atoms with Gasteiger partial charge in [-0.15, -0.1) is 0 Å². The summed E-state index contributed by atoms with van der Waals surface area (Å²) in [5, 5.41) is 9.83. The highest BCUT2D eigenvalue weighted by molar-refractivity contribution is 7.80. The van der Waals surface area contributed by atoms with Crippen LogP contribution in [-0.2, 0) is 14.3 Å². The molecule has 0 heterocycles. The molecule has 0 radical (unpaired) electrons. The van der Waals surface area contributed by atoms with Crippen molar-refractivity contribution < 1.29 is 14.3 Å². The van der Waals surface area contributed by atoms with Gasteiger partial charge >= 0.3 is 5.97 Å². The average Bonchev–Trinajstić information content (AvgIpc) is 3.33. The average molecular weight is 613 g/mol. The van der Waals surface area contributed by atoms with Crippen molar-refractivity contribution in [1.29, 1.82) is 0 Å². The quantitative estimate of drug-likeness (QED) is 0.150. The zero-order valence-electron chi connectivity index (χ0n) is 25.3. The highest BCUT2D eigenvalue weighted by atomic mass is 35.5. The third-order valence-electron chi connectivity index (χ3n) is 11.7. The van der Waals surface area contributed by atoms with Gasteiger partial charge in [0.05, 0.1) is 13.3 Å². The number of methoxy groups -OCH3 is 1. The predicted molar refractivity (Wildman–Crippen MR) is 171 cm³/mol. The molecule has 7 nitrogen and oxygen atoms in total. The summed E-state index contributed by atoms with van der Waals surface area (Å²) in [5.41, 5.74) is 8.11. The molecule has 4 aliphatic rings. The van der Waals surface area contributed by atoms with Gasteiger partial charge in [0.2, 0.25) is 5.11 Å². The van der Waals surface area contributed by atoms with Crippen molar-refractivity contribution in [3.8, 4) is 0 Å². The van der Waals surface area contributed by atoms with E-state index in [0.717, 1.165) is 49.8 Å². The van der Waals surface area contributed by atoms with Gasteiger partial charge in [-0.1, -0.05) is 44.5 Å². The van der Waals surface area contributed by atoms with E-state index in [1.54, 1.807) is 6.21 Å². The van der Waals surface area contributed by atoms with Crippen LogP contribution in [0, 0.1) is 46.3 Å². The lowest BCUT2D eigenvalue weighted by Crippen LogP contribution is -2.57. The number of thiocarbonyl (C=S) groups is 1. The molecular formula is C33H45ClN4O3S. The lowest BCUT2D eigenvalue weighted by molar-refractivity contribution is -0.153. The second-order valence-corrected chi connectivity index (χ2v) is 14.5. The molecule has 0 bridgehead atoms. The summed E-state index contributed by atoms with van der Waals surface area (Å²) in [4.78, 5) is 25.7. The number of hydrogen-bond acceptors (Lipinski definition) is 6. The van der Waals surface area contributed by atoms with Crippen LogP contribution in [-0.4, -0.2) is 35.9 Å². The van der Waals surface area contributed by atoms with Crippen LogP contribution < -0.4 is 10.9 Å². The maximum absolute atomic E-state index is 13.9. The maximum Gasteiger partial charge on any atom is 0.305 e. The zero-order chi connectivity index (χ0) is 30.1. The topological polar surface area (TPSA) is 92.2 Å². The highest BCUT2D eigenvalue weighted by Gasteiger charge is 2.62. The first-order valence-corrected chi connectivity index (χ1v) is 16.3. The summed E-state index contributed by atoms with van der Waals surface area (Å²) in [7, 11) is 1.47. The molecule has 2 N–H and O–H groups in total. The Hall–Kier alpha value is -2.32. The second-order valence-electron chi connectivity index (χ2n) is 13.7. The van der Waals surface area contributed by atoms with Crippen LogP contribution in [0.3, 0.4) is 0 Å². The van der Waals surface area contributed by atoms with Crippen molar-refractivity contribution >= 4 is 52.6 Å². The molecule has 0 amide bonds. The first-order chi connectivity index (χ1) is 20.0. The van der Waals surface area contributed by atoms with Gasteiger partial charge in [-0.3, -0.25) is 20.4 Å². The van der Waals surface area contributed by atoms with Gasteiger partial charge < -0.3 is 4.74 Å². The molecule has 9 heteroatoms. The number of nitrogens with zero attached hydrogens (tertiary/aromatic N) is 2. The molecule has 0 aliphatic heterocycles. The van der Waals surface area contributed by atoms with Gasteiger partial charge in [0, 0.05) is 29.5 Å². The second kappa shape index (κ2) is 12.7. The van der Waals surface area contributed by atoms with Crippen LogP contribution in [0.15, 0.2) is 34.5 Å². The zero-order valence-corrected chi connectivity index (χ0v) is 26.9. The van der Waals surface area contributed by atoms with Crippen molar-refractivity contribution in [1.82, 2.24) is 10.9 Å². The number of nitrogens with one attached hydrogen (secondary N) is 2.